The van der Waals surface area contributed by atoms with Crippen LogP contribution in [0.4, 0.5) is 0 Å². The monoisotopic (exact) mass is 933 g/mol. The fraction of sp³-hybridized carbons (Fsp3) is 0.290. The van der Waals surface area contributed by atoms with Gasteiger partial charge in [-0.05, 0) is 36.8 Å². The van der Waals surface area contributed by atoms with E-state index in [2.05, 4.69) is 179 Å². The number of carboxylic acids is 1. The van der Waals surface area contributed by atoms with E-state index in [1.165, 1.54) is 64.7 Å². The minimum absolute atomic E-state index is 0.111. The highest BCUT2D eigenvalue weighted by Crippen LogP contribution is 2.42. The third-order valence-electron chi connectivity index (χ3n) is 12.7. The molecule has 1 N–H and O–H groups in total. The Morgan fingerprint density at radius 1 is 0.386 bits per heavy atom. The van der Waals surface area contributed by atoms with Crippen LogP contribution in [-0.2, 0) is 27.4 Å². The minimum Gasteiger partial charge on any atom is -0.481 e. The van der Waals surface area contributed by atoms with Gasteiger partial charge in [0.25, 0.3) is 0 Å². The van der Waals surface area contributed by atoms with E-state index in [9.17, 15) is 9.59 Å². The fourth-order valence-electron chi connectivity index (χ4n) is 9.14. The second-order valence-corrected chi connectivity index (χ2v) is 17.9. The summed E-state index contributed by atoms with van der Waals surface area (Å²) in [4.78, 5) is 21.9. The Balaban J connectivity index is 0.000000206. The van der Waals surface area contributed by atoms with E-state index in [0.29, 0.717) is 6.42 Å². The zero-order valence-corrected chi connectivity index (χ0v) is 40.8. The minimum atomic E-state index is -0.691. The standard InChI is InChI=1S/2C31H34N2O2/c1-35-28(34)23-15-4-2-3-5-16-24-33-31(27-21-13-8-14-22-27)29(25-17-9-6-10-18-25)30(32-33)26-19-11-7-12-20-26;34-28(35)23-15-4-2-1-3-5-16-24-33-31(27-21-13-8-14-22-27)29(25-17-9-6-10-18-25)30(32-33)26-19-11-7-12-20-26/h6-14,17-22H,2-5,15-16,23-24H2,1H3;6-14,17-22H,1-5,15-16,23-24H2,(H,34,35). The average Bonchev–Trinajstić information content (AvgIpc) is 4.00. The molecular formula is C62H68N4O4. The van der Waals surface area contributed by atoms with Crippen LogP contribution in [0.1, 0.15) is 96.3 Å². The first kappa shape index (κ1) is 50.6. The smallest absolute Gasteiger partial charge is 0.305 e. The second kappa shape index (κ2) is 27.6. The zero-order chi connectivity index (χ0) is 48.6. The Hall–Kier alpha value is -7.32. The van der Waals surface area contributed by atoms with E-state index < -0.39 is 5.97 Å². The summed E-state index contributed by atoms with van der Waals surface area (Å²) in [6.07, 6.45) is 14.8. The van der Waals surface area contributed by atoms with Gasteiger partial charge in [-0.25, -0.2) is 0 Å². The Labute approximate surface area is 415 Å². The molecule has 6 aromatic carbocycles. The summed E-state index contributed by atoms with van der Waals surface area (Å²) < 4.78 is 9.13. The maximum absolute atomic E-state index is 11.3. The Kier molecular flexibility index (Phi) is 19.9. The lowest BCUT2D eigenvalue weighted by molar-refractivity contribution is -0.141. The highest BCUT2D eigenvalue weighted by Gasteiger charge is 2.23. The number of aliphatic carboxylic acids is 1. The molecule has 0 aliphatic carbocycles. The number of ether oxygens (including phenoxy) is 1. The maximum Gasteiger partial charge on any atom is 0.305 e. The van der Waals surface area contributed by atoms with E-state index >= 15 is 0 Å². The van der Waals surface area contributed by atoms with Crippen LogP contribution in [0.3, 0.4) is 0 Å². The molecule has 0 amide bonds. The number of hydrogen-bond acceptors (Lipinski definition) is 5. The molecule has 2 heterocycles. The molecule has 0 saturated carbocycles. The SMILES string of the molecule is COC(=O)CCCCCCCCn1nc(-c2ccccc2)c(-c2ccccc2)c1-c1ccccc1.O=C(O)CCCCCCCCCn1nc(-c2ccccc2)c(-c2ccccc2)c1-c1ccccc1. The topological polar surface area (TPSA) is 99.2 Å². The summed E-state index contributed by atoms with van der Waals surface area (Å²) in [7, 11) is 1.45. The van der Waals surface area contributed by atoms with Crippen LogP contribution >= 0.6 is 0 Å². The largest absolute Gasteiger partial charge is 0.481 e. The maximum atomic E-state index is 11.3. The highest BCUT2D eigenvalue weighted by atomic mass is 16.5. The molecule has 0 unspecified atom stereocenters. The van der Waals surface area contributed by atoms with E-state index in [1.807, 2.05) is 12.1 Å². The molecule has 0 radical (unpaired) electrons. The molecule has 0 aliphatic heterocycles. The lowest BCUT2D eigenvalue weighted by Gasteiger charge is -2.11. The van der Waals surface area contributed by atoms with Gasteiger partial charge < -0.3 is 9.84 Å². The van der Waals surface area contributed by atoms with Crippen LogP contribution < -0.4 is 0 Å². The molecule has 0 aliphatic rings. The molecule has 8 rings (SSSR count). The first-order valence-electron chi connectivity index (χ1n) is 25.3. The number of methoxy groups -OCH3 is 1. The normalized spacial score (nSPS) is 10.9. The molecule has 0 saturated heterocycles. The number of nitrogens with zero attached hydrogens (tertiary/aromatic N) is 4. The van der Waals surface area contributed by atoms with Crippen molar-refractivity contribution in [1.29, 1.82) is 0 Å². The molecule has 0 atom stereocenters. The molecular weight excluding hydrogens is 865 g/mol. The third kappa shape index (κ3) is 14.6. The summed E-state index contributed by atoms with van der Waals surface area (Å²) in [5, 5.41) is 19.1. The van der Waals surface area contributed by atoms with Crippen molar-refractivity contribution < 1.29 is 19.4 Å². The summed E-state index contributed by atoms with van der Waals surface area (Å²) in [6, 6.07) is 63.3. The number of aryl methyl sites for hydroxylation is 2. The fourth-order valence-corrected chi connectivity index (χ4v) is 9.14. The van der Waals surface area contributed by atoms with Gasteiger partial charge in [0.2, 0.25) is 0 Å². The van der Waals surface area contributed by atoms with E-state index in [4.69, 9.17) is 20.0 Å². The van der Waals surface area contributed by atoms with Gasteiger partial charge in [0.1, 0.15) is 11.4 Å². The molecule has 0 fully saturated rings. The number of hydrogen-bond donors (Lipinski definition) is 1. The van der Waals surface area contributed by atoms with Gasteiger partial charge in [0.15, 0.2) is 0 Å². The molecule has 0 bridgehead atoms. The van der Waals surface area contributed by atoms with Gasteiger partial charge in [-0.3, -0.25) is 19.0 Å². The van der Waals surface area contributed by atoms with E-state index in [1.54, 1.807) is 0 Å². The Bertz CT molecular complexity index is 2760. The van der Waals surface area contributed by atoms with Crippen LogP contribution in [0.2, 0.25) is 0 Å². The summed E-state index contributed by atoms with van der Waals surface area (Å²) >= 11 is 0. The van der Waals surface area contributed by atoms with Crippen molar-refractivity contribution in [2.24, 2.45) is 0 Å². The lowest BCUT2D eigenvalue weighted by atomic mass is 9.96. The lowest BCUT2D eigenvalue weighted by Crippen LogP contribution is -2.03. The highest BCUT2D eigenvalue weighted by molar-refractivity contribution is 5.93. The van der Waals surface area contributed by atoms with Crippen LogP contribution in [0.25, 0.3) is 67.3 Å². The van der Waals surface area contributed by atoms with Crippen LogP contribution in [-0.4, -0.2) is 43.7 Å². The Morgan fingerprint density at radius 3 is 1.00 bits per heavy atom. The number of carbonyl (C=O) groups is 2. The number of esters is 1. The van der Waals surface area contributed by atoms with E-state index in [-0.39, 0.29) is 12.4 Å². The number of aromatic nitrogens is 4. The van der Waals surface area contributed by atoms with Crippen molar-refractivity contribution in [3.8, 4) is 67.3 Å². The number of carbonyl (C=O) groups excluding carboxylic acids is 1. The molecule has 360 valence electrons. The van der Waals surface area contributed by atoms with Gasteiger partial charge >= 0.3 is 11.9 Å². The van der Waals surface area contributed by atoms with Crippen LogP contribution in [0, 0.1) is 0 Å². The molecule has 70 heavy (non-hydrogen) atoms. The summed E-state index contributed by atoms with van der Waals surface area (Å²) in [5.41, 5.74) is 13.7. The average molecular weight is 933 g/mol. The zero-order valence-electron chi connectivity index (χ0n) is 40.8. The molecule has 8 nitrogen and oxygen atoms in total. The molecule has 8 aromatic rings. The first-order valence-corrected chi connectivity index (χ1v) is 25.3. The molecule has 0 spiro atoms. The van der Waals surface area contributed by atoms with Crippen molar-refractivity contribution >= 4 is 11.9 Å². The van der Waals surface area contributed by atoms with Gasteiger partial charge in [-0.15, -0.1) is 0 Å². The van der Waals surface area contributed by atoms with Crippen molar-refractivity contribution in [3.05, 3.63) is 182 Å². The van der Waals surface area contributed by atoms with Gasteiger partial charge in [-0.2, -0.15) is 10.2 Å². The van der Waals surface area contributed by atoms with Crippen LogP contribution in [0.5, 0.6) is 0 Å². The van der Waals surface area contributed by atoms with Crippen molar-refractivity contribution in [2.75, 3.05) is 7.11 Å². The van der Waals surface area contributed by atoms with Crippen LogP contribution in [0.15, 0.2) is 182 Å². The van der Waals surface area contributed by atoms with Crippen molar-refractivity contribution in [1.82, 2.24) is 19.6 Å². The van der Waals surface area contributed by atoms with Gasteiger partial charge in [0, 0.05) is 59.3 Å². The molecule has 8 heteroatoms. The first-order chi connectivity index (χ1) is 34.5. The number of unbranched alkanes of at least 4 members (excludes halogenated alkanes) is 11. The third-order valence-corrected chi connectivity index (χ3v) is 12.7. The predicted molar refractivity (Wildman–Crippen MR) is 286 cm³/mol. The van der Waals surface area contributed by atoms with Crippen molar-refractivity contribution in [2.45, 2.75) is 109 Å². The second-order valence-electron chi connectivity index (χ2n) is 17.9. The summed E-state index contributed by atoms with van der Waals surface area (Å²) in [5.74, 6) is -0.802. The number of benzene rings is 6. The Morgan fingerprint density at radius 2 is 0.671 bits per heavy atom. The van der Waals surface area contributed by atoms with Gasteiger partial charge in [-0.1, -0.05) is 240 Å². The molecule has 2 aromatic heterocycles. The number of rotatable bonds is 25. The summed E-state index contributed by atoms with van der Waals surface area (Å²) in [6.45, 7) is 1.75. The van der Waals surface area contributed by atoms with Crippen molar-refractivity contribution in [3.63, 3.8) is 0 Å². The predicted octanol–water partition coefficient (Wildman–Crippen LogP) is 15.9. The number of carboxylic acid groups (broad SMARTS) is 1. The van der Waals surface area contributed by atoms with E-state index in [0.717, 1.165) is 106 Å². The van der Waals surface area contributed by atoms with Gasteiger partial charge in [0.05, 0.1) is 18.5 Å². The quantitative estimate of drug-likeness (QED) is 0.0453.